The first kappa shape index (κ1) is 50.8. The Kier molecular flexibility index (Phi) is 43.2. The van der Waals surface area contributed by atoms with Crippen molar-refractivity contribution in [1.82, 2.24) is 9.80 Å². The molecule has 0 spiro atoms. The van der Waals surface area contributed by atoms with Crippen LogP contribution in [0.3, 0.4) is 0 Å². The van der Waals surface area contributed by atoms with Gasteiger partial charge in [-0.15, -0.1) is 0 Å². The van der Waals surface area contributed by atoms with Crippen LogP contribution in [0.2, 0.25) is 0 Å². The quantitative estimate of drug-likeness (QED) is 0.0382. The van der Waals surface area contributed by atoms with Crippen molar-refractivity contribution in [2.75, 3.05) is 65.7 Å². The number of hydrogen-bond acceptors (Lipinski definition) is 6. The van der Waals surface area contributed by atoms with Crippen LogP contribution in [0, 0.1) is 0 Å². The number of rotatable bonds is 43. The van der Waals surface area contributed by atoms with Crippen molar-refractivity contribution < 1.29 is 19.4 Å². The molecule has 6 nitrogen and oxygen atoms in total. The predicted octanol–water partition coefficient (Wildman–Crippen LogP) is 12.2. The number of allylic oxidation sites excluding steroid dienone is 2. The molecule has 0 aromatic heterocycles. The number of ether oxygens (including phenoxy) is 2. The van der Waals surface area contributed by atoms with E-state index in [1.807, 2.05) is 0 Å². The molecule has 0 radical (unpaired) electrons. The van der Waals surface area contributed by atoms with Gasteiger partial charge >= 0.3 is 5.97 Å². The van der Waals surface area contributed by atoms with Crippen molar-refractivity contribution in [2.24, 2.45) is 0 Å². The first-order chi connectivity index (χ1) is 25.7. The summed E-state index contributed by atoms with van der Waals surface area (Å²) in [6.07, 6.45) is 44.2. The van der Waals surface area contributed by atoms with Gasteiger partial charge in [0.1, 0.15) is 6.61 Å². The molecule has 308 valence electrons. The molecule has 0 aliphatic rings. The van der Waals surface area contributed by atoms with Gasteiger partial charge in [0.2, 0.25) is 0 Å². The highest BCUT2D eigenvalue weighted by Gasteiger charge is 2.06. The van der Waals surface area contributed by atoms with Gasteiger partial charge in [-0.25, -0.2) is 0 Å². The van der Waals surface area contributed by atoms with Crippen LogP contribution in [0.1, 0.15) is 201 Å². The van der Waals surface area contributed by atoms with E-state index in [1.54, 1.807) is 0 Å². The number of aliphatic hydroxyl groups is 1. The van der Waals surface area contributed by atoms with Crippen molar-refractivity contribution in [3.8, 4) is 0 Å². The van der Waals surface area contributed by atoms with Gasteiger partial charge in [0.05, 0.1) is 19.8 Å². The number of esters is 1. The van der Waals surface area contributed by atoms with Crippen LogP contribution in [0.5, 0.6) is 0 Å². The molecule has 0 rings (SSSR count). The Labute approximate surface area is 324 Å². The Balaban J connectivity index is 3.86. The number of hydrogen-bond donors (Lipinski definition) is 1. The second-order valence-corrected chi connectivity index (χ2v) is 15.2. The highest BCUT2D eigenvalue weighted by molar-refractivity contribution is 5.69. The van der Waals surface area contributed by atoms with Crippen LogP contribution < -0.4 is 0 Å². The lowest BCUT2D eigenvalue weighted by Gasteiger charge is -2.21. The summed E-state index contributed by atoms with van der Waals surface area (Å²) in [7, 11) is 0. The zero-order valence-corrected chi connectivity index (χ0v) is 35.2. The molecule has 1 N–H and O–H groups in total. The maximum atomic E-state index is 12.2. The van der Waals surface area contributed by atoms with E-state index in [9.17, 15) is 9.90 Å². The molecule has 0 fully saturated rings. The molecule has 0 aliphatic heterocycles. The summed E-state index contributed by atoms with van der Waals surface area (Å²) in [5.41, 5.74) is 0. The Bertz CT molecular complexity index is 735. The third-order valence-corrected chi connectivity index (χ3v) is 10.1. The SMILES string of the molecule is CCCCC/C=C\CCN(CC/C=C\CCCCC)CCOCCOC(=O)CCCCCCCCCN(CCO)CCCCCCCCCCCC. The van der Waals surface area contributed by atoms with Crippen LogP contribution >= 0.6 is 0 Å². The molecule has 0 unspecified atom stereocenters. The Morgan fingerprint density at radius 2 is 0.865 bits per heavy atom. The molecule has 0 bridgehead atoms. The summed E-state index contributed by atoms with van der Waals surface area (Å²) in [4.78, 5) is 17.2. The summed E-state index contributed by atoms with van der Waals surface area (Å²) in [5.74, 6) is -0.0898. The van der Waals surface area contributed by atoms with Crippen molar-refractivity contribution in [3.05, 3.63) is 24.3 Å². The third kappa shape index (κ3) is 40.0. The van der Waals surface area contributed by atoms with E-state index >= 15 is 0 Å². The minimum atomic E-state index is -0.0898. The third-order valence-electron chi connectivity index (χ3n) is 10.1. The zero-order chi connectivity index (χ0) is 37.8. The molecule has 0 atom stereocenters. The summed E-state index contributed by atoms with van der Waals surface area (Å²) in [5, 5.41) is 9.48. The van der Waals surface area contributed by atoms with Gasteiger partial charge in [0.25, 0.3) is 0 Å². The summed E-state index contributed by atoms with van der Waals surface area (Å²) in [6, 6.07) is 0. The predicted molar refractivity (Wildman–Crippen MR) is 226 cm³/mol. The highest BCUT2D eigenvalue weighted by atomic mass is 16.6. The monoisotopic (exact) mass is 735 g/mol. The number of carbonyl (C=O) groups is 1. The smallest absolute Gasteiger partial charge is 0.305 e. The van der Waals surface area contributed by atoms with E-state index in [-0.39, 0.29) is 12.6 Å². The maximum absolute atomic E-state index is 12.2. The molecular formula is C46H90N2O4. The van der Waals surface area contributed by atoms with Crippen LogP contribution in [0.15, 0.2) is 24.3 Å². The van der Waals surface area contributed by atoms with Gasteiger partial charge in [-0.05, 0) is 70.9 Å². The van der Waals surface area contributed by atoms with E-state index in [0.29, 0.717) is 26.2 Å². The Morgan fingerprint density at radius 3 is 1.37 bits per heavy atom. The van der Waals surface area contributed by atoms with Gasteiger partial charge in [0.15, 0.2) is 0 Å². The van der Waals surface area contributed by atoms with Gasteiger partial charge in [0, 0.05) is 32.6 Å². The van der Waals surface area contributed by atoms with Crippen molar-refractivity contribution in [1.29, 1.82) is 0 Å². The van der Waals surface area contributed by atoms with Crippen molar-refractivity contribution in [2.45, 2.75) is 201 Å². The zero-order valence-electron chi connectivity index (χ0n) is 35.2. The minimum absolute atomic E-state index is 0.0898. The van der Waals surface area contributed by atoms with E-state index < -0.39 is 0 Å². The fourth-order valence-electron chi connectivity index (χ4n) is 6.72. The number of carbonyl (C=O) groups excluding carboxylic acids is 1. The molecule has 0 aromatic rings. The summed E-state index contributed by atoms with van der Waals surface area (Å²) < 4.78 is 11.3. The van der Waals surface area contributed by atoms with Crippen molar-refractivity contribution >= 4 is 5.97 Å². The first-order valence-electron chi connectivity index (χ1n) is 22.8. The molecule has 0 aliphatic carbocycles. The normalized spacial score (nSPS) is 12.0. The topological polar surface area (TPSA) is 62.2 Å². The highest BCUT2D eigenvalue weighted by Crippen LogP contribution is 2.13. The van der Waals surface area contributed by atoms with Gasteiger partial charge in [-0.1, -0.05) is 161 Å². The number of unbranched alkanes of at least 4 members (excludes halogenated alkanes) is 21. The van der Waals surface area contributed by atoms with Crippen molar-refractivity contribution in [3.63, 3.8) is 0 Å². The number of nitrogens with zero attached hydrogens (tertiary/aromatic N) is 2. The van der Waals surface area contributed by atoms with Crippen LogP contribution in [0.25, 0.3) is 0 Å². The molecule has 0 saturated carbocycles. The standard InChI is InChI=1S/C46H90N2O4/c1-4-7-10-13-16-17-18-23-28-31-36-47(40-42-49)37-32-29-24-19-20-25-30-35-46(50)52-45-44-51-43-41-48(38-33-26-21-14-11-8-5-2)39-34-27-22-15-12-9-6-3/h21-22,26-27,49H,4-20,23-25,28-45H2,1-3H3/b26-21-,27-22-. The van der Waals surface area contributed by atoms with E-state index in [2.05, 4.69) is 54.9 Å². The Hall–Kier alpha value is -1.21. The van der Waals surface area contributed by atoms with Crippen LogP contribution in [-0.4, -0.2) is 86.6 Å². The lowest BCUT2D eigenvalue weighted by molar-refractivity contribution is -0.145. The molecule has 52 heavy (non-hydrogen) atoms. The fraction of sp³-hybridized carbons (Fsp3) is 0.891. The molecule has 0 aromatic carbocycles. The molecular weight excluding hydrogens is 645 g/mol. The fourth-order valence-corrected chi connectivity index (χ4v) is 6.72. The van der Waals surface area contributed by atoms with E-state index in [1.165, 1.54) is 148 Å². The second kappa shape index (κ2) is 44.2. The summed E-state index contributed by atoms with van der Waals surface area (Å²) >= 11 is 0. The Morgan fingerprint density at radius 1 is 0.442 bits per heavy atom. The molecule has 6 heteroatoms. The maximum Gasteiger partial charge on any atom is 0.305 e. The van der Waals surface area contributed by atoms with Crippen LogP contribution in [-0.2, 0) is 14.3 Å². The molecule has 0 amide bonds. The largest absolute Gasteiger partial charge is 0.463 e. The molecule has 0 saturated heterocycles. The first-order valence-corrected chi connectivity index (χ1v) is 22.8. The molecule has 0 heterocycles. The van der Waals surface area contributed by atoms with E-state index in [4.69, 9.17) is 9.47 Å². The second-order valence-electron chi connectivity index (χ2n) is 15.2. The van der Waals surface area contributed by atoms with Gasteiger partial charge in [-0.2, -0.15) is 0 Å². The summed E-state index contributed by atoms with van der Waals surface area (Å²) in [6.45, 7) is 14.7. The van der Waals surface area contributed by atoms with E-state index in [0.717, 1.165) is 65.0 Å². The van der Waals surface area contributed by atoms with Gasteiger partial charge < -0.3 is 24.4 Å². The average Bonchev–Trinajstić information content (AvgIpc) is 3.15. The minimum Gasteiger partial charge on any atom is -0.463 e. The lowest BCUT2D eigenvalue weighted by atomic mass is 10.1. The average molecular weight is 735 g/mol. The van der Waals surface area contributed by atoms with Crippen LogP contribution in [0.4, 0.5) is 0 Å². The lowest BCUT2D eigenvalue weighted by Crippen LogP contribution is -2.30. The van der Waals surface area contributed by atoms with Gasteiger partial charge in [-0.3, -0.25) is 4.79 Å². The number of aliphatic hydroxyl groups excluding tert-OH is 1.